The molecule has 68 valence electrons. The second-order valence-corrected chi connectivity index (χ2v) is 1.80. The van der Waals surface area contributed by atoms with Gasteiger partial charge in [0, 0.05) is 6.08 Å². The minimum absolute atomic E-state index is 0.0481. The lowest BCUT2D eigenvalue weighted by atomic mass is 10.2. The summed E-state index contributed by atoms with van der Waals surface area (Å²) >= 11 is 0. The van der Waals surface area contributed by atoms with Crippen LogP contribution in [-0.4, -0.2) is 12.1 Å². The Morgan fingerprint density at radius 2 is 1.67 bits per heavy atom. The first-order valence-electron chi connectivity index (χ1n) is 2.53. The van der Waals surface area contributed by atoms with Gasteiger partial charge in [-0.05, 0) is 0 Å². The number of hydrogen-bond acceptors (Lipinski definition) is 2. The number of nitriles is 1. The van der Waals surface area contributed by atoms with Crippen molar-refractivity contribution in [2.45, 2.75) is 12.1 Å². The van der Waals surface area contributed by atoms with Crippen molar-refractivity contribution < 1.29 is 22.0 Å². The number of hydrogen-bond donors (Lipinski definition) is 1. The van der Waals surface area contributed by atoms with Crippen LogP contribution >= 0.6 is 0 Å². The highest BCUT2D eigenvalue weighted by atomic mass is 19.4. The Hall–Kier alpha value is -1.32. The summed E-state index contributed by atoms with van der Waals surface area (Å²) in [7, 11) is 0. The molecule has 0 heterocycles. The minimum atomic E-state index is -5.76. The smallest absolute Gasteiger partial charge is 0.396 e. The predicted molar refractivity (Wildman–Crippen MR) is 28.9 cm³/mol. The lowest BCUT2D eigenvalue weighted by Crippen LogP contribution is -2.41. The third kappa shape index (κ3) is 1.84. The maximum absolute atomic E-state index is 12.0. The SMILES string of the molecule is N#C/C=C(\N)C(F)(F)C(F)(F)F. The molecule has 0 unspecified atom stereocenters. The van der Waals surface area contributed by atoms with Gasteiger partial charge >= 0.3 is 12.1 Å². The van der Waals surface area contributed by atoms with Gasteiger partial charge in [-0.1, -0.05) is 0 Å². The molecule has 2 N–H and O–H groups in total. The third-order valence-corrected chi connectivity index (χ3v) is 0.939. The maximum atomic E-state index is 12.0. The van der Waals surface area contributed by atoms with E-state index in [2.05, 4.69) is 5.73 Å². The Morgan fingerprint density at radius 1 is 1.25 bits per heavy atom. The fraction of sp³-hybridized carbons (Fsp3) is 0.400. The van der Waals surface area contributed by atoms with Crippen LogP contribution < -0.4 is 5.73 Å². The van der Waals surface area contributed by atoms with Crippen molar-refractivity contribution in [3.63, 3.8) is 0 Å². The molecular formula is C5H3F5N2. The number of nitrogens with two attached hydrogens (primary N) is 1. The molecule has 0 aromatic carbocycles. The predicted octanol–water partition coefficient (Wildman–Crippen LogP) is 1.55. The van der Waals surface area contributed by atoms with Gasteiger partial charge in [-0.2, -0.15) is 27.2 Å². The maximum Gasteiger partial charge on any atom is 0.459 e. The van der Waals surface area contributed by atoms with Gasteiger partial charge in [0.2, 0.25) is 0 Å². The van der Waals surface area contributed by atoms with Crippen LogP contribution in [0, 0.1) is 11.3 Å². The van der Waals surface area contributed by atoms with E-state index in [0.29, 0.717) is 0 Å². The van der Waals surface area contributed by atoms with E-state index < -0.39 is 17.8 Å². The van der Waals surface area contributed by atoms with Crippen LogP contribution in [0.3, 0.4) is 0 Å². The summed E-state index contributed by atoms with van der Waals surface area (Å²) < 4.78 is 58.4. The zero-order valence-corrected chi connectivity index (χ0v) is 5.49. The van der Waals surface area contributed by atoms with Gasteiger partial charge in [0.05, 0.1) is 11.8 Å². The van der Waals surface area contributed by atoms with Gasteiger partial charge in [0.25, 0.3) is 0 Å². The Kier molecular flexibility index (Phi) is 2.64. The average Bonchev–Trinajstić information content (AvgIpc) is 1.85. The van der Waals surface area contributed by atoms with Gasteiger partial charge in [-0.3, -0.25) is 0 Å². The molecule has 0 fully saturated rings. The normalized spacial score (nSPS) is 14.2. The number of halogens is 5. The summed E-state index contributed by atoms with van der Waals surface area (Å²) in [6.07, 6.45) is -5.81. The van der Waals surface area contributed by atoms with E-state index in [1.54, 1.807) is 0 Å². The summed E-state index contributed by atoms with van der Waals surface area (Å²) in [6, 6.07) is 0.979. The summed E-state index contributed by atoms with van der Waals surface area (Å²) in [4.78, 5) is 0. The average molecular weight is 186 g/mol. The highest BCUT2D eigenvalue weighted by Crippen LogP contribution is 2.38. The second-order valence-electron chi connectivity index (χ2n) is 1.80. The first-order valence-corrected chi connectivity index (χ1v) is 2.53. The van der Waals surface area contributed by atoms with Gasteiger partial charge in [-0.15, -0.1) is 0 Å². The van der Waals surface area contributed by atoms with E-state index in [1.165, 1.54) is 0 Å². The Balaban J connectivity index is 4.89. The highest BCUT2D eigenvalue weighted by Gasteiger charge is 2.59. The van der Waals surface area contributed by atoms with Crippen molar-refractivity contribution in [1.82, 2.24) is 0 Å². The van der Waals surface area contributed by atoms with Crippen molar-refractivity contribution in [3.8, 4) is 6.07 Å². The molecule has 7 heteroatoms. The van der Waals surface area contributed by atoms with Gasteiger partial charge in [-0.25, -0.2) is 0 Å². The molecule has 12 heavy (non-hydrogen) atoms. The lowest BCUT2D eigenvalue weighted by molar-refractivity contribution is -0.264. The topological polar surface area (TPSA) is 49.8 Å². The molecule has 0 aliphatic rings. The lowest BCUT2D eigenvalue weighted by Gasteiger charge is -2.18. The van der Waals surface area contributed by atoms with Gasteiger partial charge in [0.15, 0.2) is 0 Å². The fourth-order valence-corrected chi connectivity index (χ4v) is 0.324. The summed E-state index contributed by atoms with van der Waals surface area (Å²) in [5.41, 5.74) is 2.51. The molecule has 0 amide bonds. The molecule has 0 aromatic heterocycles. The van der Waals surface area contributed by atoms with Crippen LogP contribution in [0.15, 0.2) is 11.8 Å². The standard InChI is InChI=1S/C5H3F5N2/c6-4(7,5(8,9)10)3(12)1-2-11/h1H,12H2/b3-1-. The minimum Gasteiger partial charge on any atom is -0.396 e. The fourth-order valence-electron chi connectivity index (χ4n) is 0.324. The number of nitrogens with zero attached hydrogens (tertiary/aromatic N) is 1. The van der Waals surface area contributed by atoms with Crippen LogP contribution in [0.2, 0.25) is 0 Å². The van der Waals surface area contributed by atoms with Crippen molar-refractivity contribution in [3.05, 3.63) is 11.8 Å². The molecule has 0 rings (SSSR count). The van der Waals surface area contributed by atoms with Crippen LogP contribution in [-0.2, 0) is 0 Å². The van der Waals surface area contributed by atoms with E-state index in [4.69, 9.17) is 5.26 Å². The van der Waals surface area contributed by atoms with Crippen molar-refractivity contribution in [2.24, 2.45) is 5.73 Å². The molecule has 0 bridgehead atoms. The summed E-state index contributed by atoms with van der Waals surface area (Å²) in [5.74, 6) is -5.14. The van der Waals surface area contributed by atoms with Crippen molar-refractivity contribution in [2.75, 3.05) is 0 Å². The second kappa shape index (κ2) is 2.97. The quantitative estimate of drug-likeness (QED) is 0.498. The molecule has 0 spiro atoms. The highest BCUT2D eigenvalue weighted by molar-refractivity contribution is 5.19. The van der Waals surface area contributed by atoms with E-state index in [-0.39, 0.29) is 6.08 Å². The first kappa shape index (κ1) is 10.7. The first-order chi connectivity index (χ1) is 5.23. The molecule has 0 saturated carbocycles. The van der Waals surface area contributed by atoms with E-state index >= 15 is 0 Å². The Morgan fingerprint density at radius 3 is 1.92 bits per heavy atom. The molecule has 0 aromatic rings. The van der Waals surface area contributed by atoms with E-state index in [1.807, 2.05) is 0 Å². The Labute approximate surface area is 64.1 Å². The summed E-state index contributed by atoms with van der Waals surface area (Å²) in [6.45, 7) is 0. The van der Waals surface area contributed by atoms with Crippen LogP contribution in [0.1, 0.15) is 0 Å². The number of alkyl halides is 5. The van der Waals surface area contributed by atoms with Gasteiger partial charge < -0.3 is 5.73 Å². The van der Waals surface area contributed by atoms with Gasteiger partial charge in [0.1, 0.15) is 0 Å². The third-order valence-electron chi connectivity index (χ3n) is 0.939. The van der Waals surface area contributed by atoms with Crippen LogP contribution in [0.4, 0.5) is 22.0 Å². The van der Waals surface area contributed by atoms with E-state index in [9.17, 15) is 22.0 Å². The van der Waals surface area contributed by atoms with Crippen LogP contribution in [0.25, 0.3) is 0 Å². The zero-order valence-electron chi connectivity index (χ0n) is 5.49. The zero-order chi connectivity index (χ0) is 9.99. The van der Waals surface area contributed by atoms with E-state index in [0.717, 1.165) is 6.07 Å². The molecule has 0 aliphatic carbocycles. The monoisotopic (exact) mass is 186 g/mol. The number of rotatable bonds is 1. The molecule has 0 radical (unpaired) electrons. The Bertz CT molecular complexity index is 233. The molecule has 0 aliphatic heterocycles. The molecule has 0 atom stereocenters. The largest absolute Gasteiger partial charge is 0.459 e. The molecular weight excluding hydrogens is 183 g/mol. The summed E-state index contributed by atoms with van der Waals surface area (Å²) in [5, 5.41) is 7.76. The molecule has 0 saturated heterocycles. The number of allylic oxidation sites excluding steroid dienone is 2. The molecule has 2 nitrogen and oxygen atoms in total. The van der Waals surface area contributed by atoms with Crippen molar-refractivity contribution >= 4 is 0 Å². The van der Waals surface area contributed by atoms with Crippen LogP contribution in [0.5, 0.6) is 0 Å². The van der Waals surface area contributed by atoms with Crippen molar-refractivity contribution in [1.29, 1.82) is 5.26 Å².